The van der Waals surface area contributed by atoms with Gasteiger partial charge in [0.25, 0.3) is 0 Å². The van der Waals surface area contributed by atoms with Gasteiger partial charge in [-0.25, -0.2) is 0 Å². The topological polar surface area (TPSA) is 29.3 Å². The van der Waals surface area contributed by atoms with Gasteiger partial charge in [0.1, 0.15) is 0 Å². The summed E-state index contributed by atoms with van der Waals surface area (Å²) in [6.45, 7) is 11.5. The molecule has 0 bridgehead atoms. The second-order valence-electron chi connectivity index (χ2n) is 5.17. The van der Waals surface area contributed by atoms with Crippen LogP contribution in [0.1, 0.15) is 47.0 Å². The van der Waals surface area contributed by atoms with Crippen molar-refractivity contribution in [2.45, 2.75) is 58.5 Å². The Balaban J connectivity index is 2.73. The molecule has 0 aromatic rings. The van der Waals surface area contributed by atoms with Crippen LogP contribution in [0.25, 0.3) is 0 Å². The SMILES string of the molecule is CCC(C)(C(N)C(C)C)N1CCCC1. The molecule has 1 aliphatic rings. The second kappa shape index (κ2) is 4.63. The van der Waals surface area contributed by atoms with Crippen molar-refractivity contribution in [3.05, 3.63) is 0 Å². The van der Waals surface area contributed by atoms with E-state index in [1.54, 1.807) is 0 Å². The number of hydrogen-bond acceptors (Lipinski definition) is 2. The van der Waals surface area contributed by atoms with Gasteiger partial charge < -0.3 is 5.73 Å². The largest absolute Gasteiger partial charge is 0.326 e. The number of rotatable bonds is 4. The Morgan fingerprint density at radius 2 is 1.79 bits per heavy atom. The van der Waals surface area contributed by atoms with Crippen molar-refractivity contribution < 1.29 is 0 Å². The van der Waals surface area contributed by atoms with Crippen molar-refractivity contribution in [1.29, 1.82) is 0 Å². The number of likely N-dealkylation sites (tertiary alicyclic amines) is 1. The van der Waals surface area contributed by atoms with Crippen molar-refractivity contribution in [3.63, 3.8) is 0 Å². The third-order valence-corrected chi connectivity index (χ3v) is 3.98. The van der Waals surface area contributed by atoms with Crippen molar-refractivity contribution in [2.75, 3.05) is 13.1 Å². The van der Waals surface area contributed by atoms with Gasteiger partial charge in [-0.1, -0.05) is 20.8 Å². The smallest absolute Gasteiger partial charge is 0.0332 e. The molecule has 1 heterocycles. The van der Waals surface area contributed by atoms with E-state index in [0.717, 1.165) is 6.42 Å². The molecule has 14 heavy (non-hydrogen) atoms. The summed E-state index contributed by atoms with van der Waals surface area (Å²) in [6, 6.07) is 0.297. The van der Waals surface area contributed by atoms with E-state index in [0.29, 0.717) is 12.0 Å². The van der Waals surface area contributed by atoms with Gasteiger partial charge in [0.15, 0.2) is 0 Å². The fourth-order valence-electron chi connectivity index (χ4n) is 2.62. The average molecular weight is 198 g/mol. The first-order chi connectivity index (χ1) is 6.52. The molecule has 0 aromatic heterocycles. The lowest BCUT2D eigenvalue weighted by Crippen LogP contribution is -2.58. The lowest BCUT2D eigenvalue weighted by atomic mass is 9.82. The van der Waals surface area contributed by atoms with Crippen LogP contribution in [0.2, 0.25) is 0 Å². The molecule has 1 fully saturated rings. The summed E-state index contributed by atoms with van der Waals surface area (Å²) in [4.78, 5) is 2.59. The summed E-state index contributed by atoms with van der Waals surface area (Å²) in [6.07, 6.45) is 3.85. The molecular weight excluding hydrogens is 172 g/mol. The van der Waals surface area contributed by atoms with E-state index in [4.69, 9.17) is 5.73 Å². The molecule has 0 radical (unpaired) electrons. The van der Waals surface area contributed by atoms with Gasteiger partial charge in [-0.15, -0.1) is 0 Å². The van der Waals surface area contributed by atoms with Gasteiger partial charge in [0.05, 0.1) is 0 Å². The van der Waals surface area contributed by atoms with Crippen LogP contribution >= 0.6 is 0 Å². The fourth-order valence-corrected chi connectivity index (χ4v) is 2.62. The Bertz CT molecular complexity index is 169. The highest BCUT2D eigenvalue weighted by Crippen LogP contribution is 2.29. The highest BCUT2D eigenvalue weighted by Gasteiger charge is 2.38. The monoisotopic (exact) mass is 198 g/mol. The zero-order valence-corrected chi connectivity index (χ0v) is 10.2. The van der Waals surface area contributed by atoms with E-state index >= 15 is 0 Å². The van der Waals surface area contributed by atoms with E-state index in [1.807, 2.05) is 0 Å². The van der Waals surface area contributed by atoms with Gasteiger partial charge in [-0.3, -0.25) is 4.90 Å². The summed E-state index contributed by atoms with van der Waals surface area (Å²) < 4.78 is 0. The first kappa shape index (κ1) is 12.0. The summed E-state index contributed by atoms with van der Waals surface area (Å²) in [5, 5.41) is 0. The minimum absolute atomic E-state index is 0.213. The summed E-state index contributed by atoms with van der Waals surface area (Å²) >= 11 is 0. The number of nitrogens with two attached hydrogens (primary N) is 1. The Labute approximate surface area is 88.8 Å². The first-order valence-corrected chi connectivity index (χ1v) is 6.03. The van der Waals surface area contributed by atoms with Crippen molar-refractivity contribution >= 4 is 0 Å². The van der Waals surface area contributed by atoms with Crippen LogP contribution in [0.3, 0.4) is 0 Å². The highest BCUT2D eigenvalue weighted by molar-refractivity contribution is 4.97. The third-order valence-electron chi connectivity index (χ3n) is 3.98. The Kier molecular flexibility index (Phi) is 3.96. The first-order valence-electron chi connectivity index (χ1n) is 6.03. The predicted octanol–water partition coefficient (Wildman–Crippen LogP) is 2.23. The Hall–Kier alpha value is -0.0800. The van der Waals surface area contributed by atoms with E-state index in [1.165, 1.54) is 25.9 Å². The maximum atomic E-state index is 6.34. The zero-order valence-electron chi connectivity index (χ0n) is 10.2. The Morgan fingerprint density at radius 1 is 1.29 bits per heavy atom. The lowest BCUT2D eigenvalue weighted by Gasteiger charge is -2.44. The van der Waals surface area contributed by atoms with Crippen LogP contribution in [0.15, 0.2) is 0 Å². The molecule has 0 aliphatic carbocycles. The molecule has 2 nitrogen and oxygen atoms in total. The molecule has 1 rings (SSSR count). The van der Waals surface area contributed by atoms with E-state index in [9.17, 15) is 0 Å². The standard InChI is InChI=1S/C12H26N2/c1-5-12(4,11(13)10(2)3)14-8-6-7-9-14/h10-11H,5-9,13H2,1-4H3. The van der Waals surface area contributed by atoms with Crippen molar-refractivity contribution in [1.82, 2.24) is 4.90 Å². The minimum atomic E-state index is 0.213. The molecule has 0 spiro atoms. The van der Waals surface area contributed by atoms with Gasteiger partial charge in [-0.05, 0) is 45.2 Å². The van der Waals surface area contributed by atoms with Crippen molar-refractivity contribution in [3.8, 4) is 0 Å². The van der Waals surface area contributed by atoms with Gasteiger partial charge >= 0.3 is 0 Å². The normalized spacial score (nSPS) is 25.3. The highest BCUT2D eigenvalue weighted by atomic mass is 15.2. The fraction of sp³-hybridized carbons (Fsp3) is 1.00. The maximum Gasteiger partial charge on any atom is 0.0332 e. The molecule has 0 amide bonds. The average Bonchev–Trinajstić information content (AvgIpc) is 2.68. The summed E-state index contributed by atoms with van der Waals surface area (Å²) in [5.74, 6) is 0.570. The molecule has 2 unspecified atom stereocenters. The van der Waals surface area contributed by atoms with E-state index in [-0.39, 0.29) is 5.54 Å². The molecule has 1 saturated heterocycles. The summed E-state index contributed by atoms with van der Waals surface area (Å²) in [7, 11) is 0. The van der Waals surface area contributed by atoms with Crippen LogP contribution in [-0.4, -0.2) is 29.6 Å². The lowest BCUT2D eigenvalue weighted by molar-refractivity contribution is 0.0820. The number of hydrogen-bond donors (Lipinski definition) is 1. The Morgan fingerprint density at radius 3 is 2.14 bits per heavy atom. The van der Waals surface area contributed by atoms with Gasteiger partial charge in [0.2, 0.25) is 0 Å². The predicted molar refractivity (Wildman–Crippen MR) is 62.3 cm³/mol. The van der Waals surface area contributed by atoms with Crippen molar-refractivity contribution in [2.24, 2.45) is 11.7 Å². The molecule has 1 aliphatic heterocycles. The molecule has 84 valence electrons. The summed E-state index contributed by atoms with van der Waals surface area (Å²) in [5.41, 5.74) is 6.56. The molecule has 0 saturated carbocycles. The van der Waals surface area contributed by atoms with E-state index in [2.05, 4.69) is 32.6 Å². The van der Waals surface area contributed by atoms with Crippen LogP contribution in [0, 0.1) is 5.92 Å². The maximum absolute atomic E-state index is 6.34. The third kappa shape index (κ3) is 2.12. The van der Waals surface area contributed by atoms with Gasteiger partial charge in [0, 0.05) is 11.6 Å². The molecule has 2 atom stereocenters. The quantitative estimate of drug-likeness (QED) is 0.750. The molecule has 2 heteroatoms. The molecular formula is C12H26N2. The van der Waals surface area contributed by atoms with Crippen LogP contribution in [0.5, 0.6) is 0 Å². The van der Waals surface area contributed by atoms with E-state index < -0.39 is 0 Å². The zero-order chi connectivity index (χ0) is 10.8. The number of nitrogens with zero attached hydrogens (tertiary/aromatic N) is 1. The minimum Gasteiger partial charge on any atom is -0.326 e. The van der Waals surface area contributed by atoms with Crippen LogP contribution in [0.4, 0.5) is 0 Å². The van der Waals surface area contributed by atoms with Crippen LogP contribution in [-0.2, 0) is 0 Å². The second-order valence-corrected chi connectivity index (χ2v) is 5.17. The molecule has 0 aromatic carbocycles. The van der Waals surface area contributed by atoms with Gasteiger partial charge in [-0.2, -0.15) is 0 Å². The molecule has 2 N–H and O–H groups in total. The van der Waals surface area contributed by atoms with Crippen LogP contribution < -0.4 is 5.73 Å².